The Labute approximate surface area is 110 Å². The average Bonchev–Trinajstić information content (AvgIpc) is 2.34. The molecule has 1 fully saturated rings. The standard InChI is InChI=1S/C16H23NO/c1-3-9-17-14-11-16(7-4-8-16)18-15-6-5-12(2)10-13(14)15/h5-6,10,14,17H,3-4,7-9,11H2,1-2H3. The molecule has 0 radical (unpaired) electrons. The summed E-state index contributed by atoms with van der Waals surface area (Å²) in [6.07, 6.45) is 6.10. The third kappa shape index (κ3) is 2.03. The van der Waals surface area contributed by atoms with E-state index in [2.05, 4.69) is 37.4 Å². The van der Waals surface area contributed by atoms with Gasteiger partial charge in [-0.05, 0) is 45.2 Å². The zero-order valence-electron chi connectivity index (χ0n) is 11.5. The second-order valence-corrected chi connectivity index (χ2v) is 5.89. The summed E-state index contributed by atoms with van der Waals surface area (Å²) in [5.74, 6) is 1.11. The van der Waals surface area contributed by atoms with Gasteiger partial charge in [-0.2, -0.15) is 0 Å². The van der Waals surface area contributed by atoms with Crippen LogP contribution in [-0.4, -0.2) is 12.1 Å². The Balaban J connectivity index is 1.90. The van der Waals surface area contributed by atoms with Crippen LogP contribution in [-0.2, 0) is 0 Å². The summed E-state index contributed by atoms with van der Waals surface area (Å²) >= 11 is 0. The highest BCUT2D eigenvalue weighted by Crippen LogP contribution is 2.48. The second kappa shape index (κ2) is 4.58. The molecule has 1 aliphatic heterocycles. The molecule has 1 atom stereocenters. The third-order valence-corrected chi connectivity index (χ3v) is 4.35. The van der Waals surface area contributed by atoms with Gasteiger partial charge in [0.15, 0.2) is 0 Å². The van der Waals surface area contributed by atoms with Crippen molar-refractivity contribution in [2.75, 3.05) is 6.54 Å². The first-order valence-electron chi connectivity index (χ1n) is 7.25. The van der Waals surface area contributed by atoms with Crippen molar-refractivity contribution in [1.82, 2.24) is 5.32 Å². The molecule has 98 valence electrons. The highest BCUT2D eigenvalue weighted by Gasteiger charge is 2.45. The minimum Gasteiger partial charge on any atom is -0.487 e. The van der Waals surface area contributed by atoms with Gasteiger partial charge < -0.3 is 10.1 Å². The van der Waals surface area contributed by atoms with E-state index in [9.17, 15) is 0 Å². The fourth-order valence-corrected chi connectivity index (χ4v) is 3.17. The smallest absolute Gasteiger partial charge is 0.124 e. The molecule has 0 aromatic heterocycles. The van der Waals surface area contributed by atoms with Gasteiger partial charge in [0, 0.05) is 18.0 Å². The van der Waals surface area contributed by atoms with E-state index in [1.54, 1.807) is 0 Å². The van der Waals surface area contributed by atoms with Gasteiger partial charge in [-0.15, -0.1) is 0 Å². The van der Waals surface area contributed by atoms with Crippen molar-refractivity contribution in [2.45, 2.75) is 57.6 Å². The van der Waals surface area contributed by atoms with Crippen molar-refractivity contribution < 1.29 is 4.74 Å². The quantitative estimate of drug-likeness (QED) is 0.876. The number of nitrogens with one attached hydrogen (secondary N) is 1. The molecule has 1 unspecified atom stereocenters. The fraction of sp³-hybridized carbons (Fsp3) is 0.625. The summed E-state index contributed by atoms with van der Waals surface area (Å²) in [5, 5.41) is 3.70. The fourth-order valence-electron chi connectivity index (χ4n) is 3.17. The summed E-state index contributed by atoms with van der Waals surface area (Å²) in [6, 6.07) is 7.08. The Morgan fingerprint density at radius 1 is 1.39 bits per heavy atom. The molecule has 1 heterocycles. The van der Waals surface area contributed by atoms with Crippen molar-refractivity contribution in [3.05, 3.63) is 29.3 Å². The van der Waals surface area contributed by atoms with Crippen molar-refractivity contribution in [3.8, 4) is 5.75 Å². The lowest BCUT2D eigenvalue weighted by atomic mass is 9.73. The van der Waals surface area contributed by atoms with E-state index in [4.69, 9.17) is 4.74 Å². The number of benzene rings is 1. The Bertz CT molecular complexity index is 437. The van der Waals surface area contributed by atoms with Crippen molar-refractivity contribution >= 4 is 0 Å². The van der Waals surface area contributed by atoms with Gasteiger partial charge in [-0.3, -0.25) is 0 Å². The van der Waals surface area contributed by atoms with Crippen LogP contribution in [0.15, 0.2) is 18.2 Å². The molecule has 1 spiro atoms. The van der Waals surface area contributed by atoms with Crippen LogP contribution in [0.1, 0.15) is 56.2 Å². The summed E-state index contributed by atoms with van der Waals surface area (Å²) in [5.41, 5.74) is 2.83. The molecule has 2 aliphatic rings. The molecular weight excluding hydrogens is 222 g/mol. The van der Waals surface area contributed by atoms with Crippen LogP contribution in [0.5, 0.6) is 5.75 Å². The zero-order chi connectivity index (χ0) is 12.6. The molecule has 1 aromatic carbocycles. The predicted molar refractivity (Wildman–Crippen MR) is 74.0 cm³/mol. The van der Waals surface area contributed by atoms with Gasteiger partial charge >= 0.3 is 0 Å². The molecule has 1 saturated carbocycles. The molecule has 1 N–H and O–H groups in total. The number of aryl methyl sites for hydroxylation is 1. The SMILES string of the molecule is CCCNC1CC2(CCC2)Oc2ccc(C)cc21. The first-order valence-corrected chi connectivity index (χ1v) is 7.25. The number of hydrogen-bond acceptors (Lipinski definition) is 2. The molecule has 18 heavy (non-hydrogen) atoms. The number of fused-ring (bicyclic) bond motifs is 1. The van der Waals surface area contributed by atoms with E-state index in [0.29, 0.717) is 6.04 Å². The molecule has 0 bridgehead atoms. The largest absolute Gasteiger partial charge is 0.487 e. The minimum atomic E-state index is 0.146. The van der Waals surface area contributed by atoms with Crippen LogP contribution in [0, 0.1) is 6.92 Å². The van der Waals surface area contributed by atoms with Gasteiger partial charge in [0.25, 0.3) is 0 Å². The predicted octanol–water partition coefficient (Wildman–Crippen LogP) is 3.74. The Hall–Kier alpha value is -1.02. The number of rotatable bonds is 3. The van der Waals surface area contributed by atoms with E-state index < -0.39 is 0 Å². The van der Waals surface area contributed by atoms with Crippen molar-refractivity contribution in [2.24, 2.45) is 0 Å². The summed E-state index contributed by atoms with van der Waals surface area (Å²) < 4.78 is 6.28. The maximum atomic E-state index is 6.28. The third-order valence-electron chi connectivity index (χ3n) is 4.35. The van der Waals surface area contributed by atoms with Gasteiger partial charge in [0.1, 0.15) is 11.4 Å². The molecule has 3 rings (SSSR count). The number of ether oxygens (including phenoxy) is 1. The number of hydrogen-bond donors (Lipinski definition) is 1. The van der Waals surface area contributed by atoms with Crippen LogP contribution in [0.3, 0.4) is 0 Å². The van der Waals surface area contributed by atoms with Gasteiger partial charge in [0.2, 0.25) is 0 Å². The zero-order valence-corrected chi connectivity index (χ0v) is 11.5. The van der Waals surface area contributed by atoms with Gasteiger partial charge in [-0.1, -0.05) is 24.6 Å². The summed E-state index contributed by atoms with van der Waals surface area (Å²) in [6.45, 7) is 5.47. The maximum absolute atomic E-state index is 6.28. The maximum Gasteiger partial charge on any atom is 0.124 e. The Kier molecular flexibility index (Phi) is 3.06. The summed E-state index contributed by atoms with van der Waals surface area (Å²) in [4.78, 5) is 0. The second-order valence-electron chi connectivity index (χ2n) is 5.89. The van der Waals surface area contributed by atoms with Crippen LogP contribution in [0.4, 0.5) is 0 Å². The minimum absolute atomic E-state index is 0.146. The van der Waals surface area contributed by atoms with Crippen molar-refractivity contribution in [3.63, 3.8) is 0 Å². The van der Waals surface area contributed by atoms with Crippen LogP contribution >= 0.6 is 0 Å². The first-order chi connectivity index (χ1) is 8.72. The van der Waals surface area contributed by atoms with E-state index in [0.717, 1.165) is 18.7 Å². The van der Waals surface area contributed by atoms with Crippen LogP contribution in [0.2, 0.25) is 0 Å². The highest BCUT2D eigenvalue weighted by molar-refractivity contribution is 5.42. The molecular formula is C16H23NO. The van der Waals surface area contributed by atoms with Crippen molar-refractivity contribution in [1.29, 1.82) is 0 Å². The Morgan fingerprint density at radius 3 is 2.89 bits per heavy atom. The first kappa shape index (κ1) is 12.0. The lowest BCUT2D eigenvalue weighted by molar-refractivity contribution is -0.0368. The van der Waals surface area contributed by atoms with E-state index in [1.807, 2.05) is 0 Å². The molecule has 2 heteroatoms. The summed E-state index contributed by atoms with van der Waals surface area (Å²) in [7, 11) is 0. The molecule has 0 amide bonds. The normalized spacial score (nSPS) is 24.2. The lowest BCUT2D eigenvalue weighted by Crippen LogP contribution is -2.49. The monoisotopic (exact) mass is 245 g/mol. The molecule has 2 nitrogen and oxygen atoms in total. The average molecular weight is 245 g/mol. The van der Waals surface area contributed by atoms with Crippen LogP contribution < -0.4 is 10.1 Å². The molecule has 0 saturated heterocycles. The van der Waals surface area contributed by atoms with E-state index >= 15 is 0 Å². The molecule has 1 aromatic rings. The highest BCUT2D eigenvalue weighted by atomic mass is 16.5. The van der Waals surface area contributed by atoms with Gasteiger partial charge in [-0.25, -0.2) is 0 Å². The topological polar surface area (TPSA) is 21.3 Å². The Morgan fingerprint density at radius 2 is 2.22 bits per heavy atom. The lowest BCUT2D eigenvalue weighted by Gasteiger charge is -2.48. The van der Waals surface area contributed by atoms with Crippen LogP contribution in [0.25, 0.3) is 0 Å². The van der Waals surface area contributed by atoms with E-state index in [1.165, 1.54) is 36.8 Å². The molecule has 1 aliphatic carbocycles. The van der Waals surface area contributed by atoms with E-state index in [-0.39, 0.29) is 5.60 Å². The van der Waals surface area contributed by atoms with Gasteiger partial charge in [0.05, 0.1) is 0 Å².